The molecule has 2 aromatic rings. The molecule has 0 radical (unpaired) electrons. The zero-order valence-electron chi connectivity index (χ0n) is 10.7. The third-order valence-corrected chi connectivity index (χ3v) is 4.65. The van der Waals surface area contributed by atoms with Crippen molar-refractivity contribution < 1.29 is 4.79 Å². The SMILES string of the molecule is O=C(c1ccc2[nH]ccc2c1)C1(CCI)CCNC1. The van der Waals surface area contributed by atoms with Crippen molar-refractivity contribution >= 4 is 39.3 Å². The fraction of sp³-hybridized carbons (Fsp3) is 0.400. The van der Waals surface area contributed by atoms with E-state index in [4.69, 9.17) is 0 Å². The summed E-state index contributed by atoms with van der Waals surface area (Å²) in [6, 6.07) is 7.99. The molecule has 1 aromatic carbocycles. The average Bonchev–Trinajstić information content (AvgIpc) is 3.06. The number of nitrogens with one attached hydrogen (secondary N) is 2. The lowest BCUT2D eigenvalue weighted by atomic mass is 9.77. The molecule has 2 N–H and O–H groups in total. The van der Waals surface area contributed by atoms with Crippen molar-refractivity contribution in [3.63, 3.8) is 0 Å². The first kappa shape index (κ1) is 13.1. The lowest BCUT2D eigenvalue weighted by molar-refractivity contribution is 0.0813. The molecule has 19 heavy (non-hydrogen) atoms. The van der Waals surface area contributed by atoms with Crippen LogP contribution in [-0.2, 0) is 0 Å². The van der Waals surface area contributed by atoms with Gasteiger partial charge in [-0.3, -0.25) is 4.79 Å². The summed E-state index contributed by atoms with van der Waals surface area (Å²) < 4.78 is 1.03. The van der Waals surface area contributed by atoms with E-state index >= 15 is 0 Å². The summed E-state index contributed by atoms with van der Waals surface area (Å²) in [6.07, 6.45) is 3.83. The minimum absolute atomic E-state index is 0.189. The number of hydrogen-bond acceptors (Lipinski definition) is 2. The van der Waals surface area contributed by atoms with Gasteiger partial charge < -0.3 is 10.3 Å². The largest absolute Gasteiger partial charge is 0.361 e. The topological polar surface area (TPSA) is 44.9 Å². The van der Waals surface area contributed by atoms with Gasteiger partial charge in [0.25, 0.3) is 0 Å². The lowest BCUT2D eigenvalue weighted by Gasteiger charge is -2.25. The molecule has 1 unspecified atom stereocenters. The van der Waals surface area contributed by atoms with Gasteiger partial charge in [-0.15, -0.1) is 0 Å². The van der Waals surface area contributed by atoms with Crippen LogP contribution in [0.5, 0.6) is 0 Å². The number of aromatic amines is 1. The summed E-state index contributed by atoms with van der Waals surface area (Å²) in [5, 5.41) is 4.46. The van der Waals surface area contributed by atoms with E-state index in [9.17, 15) is 4.79 Å². The molecular weight excluding hydrogens is 351 g/mol. The van der Waals surface area contributed by atoms with Gasteiger partial charge in [0.1, 0.15) is 0 Å². The van der Waals surface area contributed by atoms with Gasteiger partial charge in [-0.25, -0.2) is 0 Å². The van der Waals surface area contributed by atoms with Gasteiger partial charge in [0.15, 0.2) is 5.78 Å². The molecule has 1 saturated heterocycles. The average molecular weight is 368 g/mol. The summed E-state index contributed by atoms with van der Waals surface area (Å²) in [5.74, 6) is 0.303. The van der Waals surface area contributed by atoms with E-state index < -0.39 is 0 Å². The van der Waals surface area contributed by atoms with Crippen LogP contribution in [0.25, 0.3) is 10.9 Å². The maximum Gasteiger partial charge on any atom is 0.170 e. The van der Waals surface area contributed by atoms with Gasteiger partial charge in [-0.05, 0) is 43.7 Å². The predicted molar refractivity (Wildman–Crippen MR) is 86.1 cm³/mol. The second-order valence-electron chi connectivity index (χ2n) is 5.25. The minimum Gasteiger partial charge on any atom is -0.361 e. The standard InChI is InChI=1S/C15H17IN2O/c16-6-4-15(5-8-17-10-15)14(19)12-1-2-13-11(9-12)3-7-18-13/h1-3,7,9,17-18H,4-6,8,10H2. The molecule has 1 aliphatic heterocycles. The number of alkyl halides is 1. The van der Waals surface area contributed by atoms with Crippen LogP contribution in [0.3, 0.4) is 0 Å². The van der Waals surface area contributed by atoms with Crippen molar-refractivity contribution in [1.82, 2.24) is 10.3 Å². The molecule has 3 nitrogen and oxygen atoms in total. The Labute approximate surface area is 126 Å². The Bertz CT molecular complexity index is 599. The number of halogens is 1. The highest BCUT2D eigenvalue weighted by Gasteiger charge is 2.40. The smallest absolute Gasteiger partial charge is 0.170 e. The molecule has 0 saturated carbocycles. The van der Waals surface area contributed by atoms with Crippen LogP contribution in [0.15, 0.2) is 30.5 Å². The summed E-state index contributed by atoms with van der Waals surface area (Å²) >= 11 is 2.37. The van der Waals surface area contributed by atoms with E-state index in [0.29, 0.717) is 5.78 Å². The van der Waals surface area contributed by atoms with Crippen LogP contribution < -0.4 is 5.32 Å². The van der Waals surface area contributed by atoms with Crippen molar-refractivity contribution in [2.45, 2.75) is 12.8 Å². The molecule has 2 heterocycles. The van der Waals surface area contributed by atoms with E-state index in [1.165, 1.54) is 0 Å². The summed E-state index contributed by atoms with van der Waals surface area (Å²) in [5.41, 5.74) is 1.75. The van der Waals surface area contributed by atoms with E-state index in [1.54, 1.807) is 0 Å². The number of ketones is 1. The van der Waals surface area contributed by atoms with Crippen molar-refractivity contribution in [2.75, 3.05) is 17.5 Å². The van der Waals surface area contributed by atoms with Crippen molar-refractivity contribution in [1.29, 1.82) is 0 Å². The molecule has 1 fully saturated rings. The van der Waals surface area contributed by atoms with Crippen LogP contribution in [0, 0.1) is 5.41 Å². The van der Waals surface area contributed by atoms with Gasteiger partial charge >= 0.3 is 0 Å². The second kappa shape index (κ2) is 5.25. The number of H-pyrrole nitrogens is 1. The molecule has 0 spiro atoms. The predicted octanol–water partition coefficient (Wildman–Crippen LogP) is 3.16. The number of hydrogen-bond donors (Lipinski definition) is 2. The molecule has 0 aliphatic carbocycles. The normalized spacial score (nSPS) is 23.0. The maximum atomic E-state index is 12.9. The van der Waals surface area contributed by atoms with Crippen LogP contribution in [-0.4, -0.2) is 28.3 Å². The molecule has 3 rings (SSSR count). The number of fused-ring (bicyclic) bond motifs is 1. The number of benzene rings is 1. The molecule has 100 valence electrons. The Hall–Kier alpha value is -0.880. The van der Waals surface area contributed by atoms with Crippen molar-refractivity contribution in [2.24, 2.45) is 5.41 Å². The zero-order valence-corrected chi connectivity index (χ0v) is 12.9. The van der Waals surface area contributed by atoms with Gasteiger partial charge in [-0.2, -0.15) is 0 Å². The maximum absolute atomic E-state index is 12.9. The van der Waals surface area contributed by atoms with E-state index in [0.717, 1.165) is 46.8 Å². The molecule has 1 aliphatic rings. The quantitative estimate of drug-likeness (QED) is 0.495. The third-order valence-electron chi connectivity index (χ3n) is 4.11. The van der Waals surface area contributed by atoms with Gasteiger partial charge in [0, 0.05) is 39.1 Å². The highest BCUT2D eigenvalue weighted by Crippen LogP contribution is 2.35. The Morgan fingerprint density at radius 3 is 3.00 bits per heavy atom. The summed E-state index contributed by atoms with van der Waals surface area (Å²) in [7, 11) is 0. The van der Waals surface area contributed by atoms with E-state index in [1.807, 2.05) is 30.5 Å². The molecular formula is C15H17IN2O. The summed E-state index contributed by atoms with van der Waals surface area (Å²) in [4.78, 5) is 16.0. The van der Waals surface area contributed by atoms with Crippen LogP contribution in [0.4, 0.5) is 0 Å². The Morgan fingerprint density at radius 2 is 2.26 bits per heavy atom. The highest BCUT2D eigenvalue weighted by molar-refractivity contribution is 14.1. The molecule has 0 bridgehead atoms. The monoisotopic (exact) mass is 368 g/mol. The van der Waals surface area contributed by atoms with Crippen LogP contribution >= 0.6 is 22.6 Å². The Balaban J connectivity index is 1.97. The minimum atomic E-state index is -0.189. The Morgan fingerprint density at radius 1 is 1.37 bits per heavy atom. The molecule has 0 amide bonds. The highest BCUT2D eigenvalue weighted by atomic mass is 127. The van der Waals surface area contributed by atoms with Crippen molar-refractivity contribution in [3.8, 4) is 0 Å². The number of aromatic nitrogens is 1. The van der Waals surface area contributed by atoms with Crippen LogP contribution in [0.1, 0.15) is 23.2 Å². The van der Waals surface area contributed by atoms with Gasteiger partial charge in [-0.1, -0.05) is 22.6 Å². The van der Waals surface area contributed by atoms with Crippen LogP contribution in [0.2, 0.25) is 0 Å². The third kappa shape index (κ3) is 2.31. The number of carbonyl (C=O) groups is 1. The first-order chi connectivity index (χ1) is 9.25. The fourth-order valence-corrected chi connectivity index (χ4v) is 3.98. The molecule has 4 heteroatoms. The fourth-order valence-electron chi connectivity index (χ4n) is 2.95. The first-order valence-electron chi connectivity index (χ1n) is 6.64. The summed E-state index contributed by atoms with van der Waals surface area (Å²) in [6.45, 7) is 1.77. The van der Waals surface area contributed by atoms with Crippen molar-refractivity contribution in [3.05, 3.63) is 36.0 Å². The molecule has 1 aromatic heterocycles. The lowest BCUT2D eigenvalue weighted by Crippen LogP contribution is -2.34. The van der Waals surface area contributed by atoms with Gasteiger partial charge in [0.05, 0.1) is 0 Å². The number of carbonyl (C=O) groups excluding carboxylic acids is 1. The van der Waals surface area contributed by atoms with E-state index in [2.05, 4.69) is 32.9 Å². The second-order valence-corrected chi connectivity index (χ2v) is 6.33. The van der Waals surface area contributed by atoms with Gasteiger partial charge in [0.2, 0.25) is 0 Å². The first-order valence-corrected chi connectivity index (χ1v) is 8.16. The van der Waals surface area contributed by atoms with E-state index in [-0.39, 0.29) is 5.41 Å². The zero-order chi connectivity index (χ0) is 13.3. The number of Topliss-reactive ketones (excluding diaryl/α,β-unsaturated/α-hetero) is 1. The Kier molecular flexibility index (Phi) is 3.62. The molecule has 1 atom stereocenters. The number of rotatable bonds is 4.